The summed E-state index contributed by atoms with van der Waals surface area (Å²) < 4.78 is 7.43. The number of aliphatic hydroxyl groups is 4. The van der Waals surface area contributed by atoms with Crippen molar-refractivity contribution < 1.29 is 30.0 Å². The standard InChI is InChI=1S/C25H27ClN6O6/c1-12(13-5-3-2-4-6-13)30-22-18-23(28-10-27-22)32(11-29-18)25-17(21(36)16(9-33)38-25)31-24(37)14-7-8-15(26)20(35)19(14)34/h2-8,10-12,16-17,19-21,25,33-36H,9H2,1H3,(H,31,37)(H,27,28,30)/t12-,16-,17-,19?,20?,21-,25-/m1/s1. The Bertz CT molecular complexity index is 1380. The maximum atomic E-state index is 13.0. The predicted octanol–water partition coefficient (Wildman–Crippen LogP) is 0.519. The van der Waals surface area contributed by atoms with Gasteiger partial charge in [0.1, 0.15) is 36.8 Å². The molecule has 0 saturated carbocycles. The number of aliphatic hydroxyl groups excluding tert-OH is 4. The fourth-order valence-corrected chi connectivity index (χ4v) is 4.78. The number of benzene rings is 1. The third kappa shape index (κ3) is 4.77. The van der Waals surface area contributed by atoms with E-state index in [0.29, 0.717) is 17.0 Å². The molecule has 0 spiro atoms. The van der Waals surface area contributed by atoms with E-state index in [2.05, 4.69) is 25.6 Å². The fraction of sp³-hybridized carbons (Fsp3) is 0.360. The Balaban J connectivity index is 1.43. The zero-order valence-electron chi connectivity index (χ0n) is 20.2. The van der Waals surface area contributed by atoms with Gasteiger partial charge in [-0.15, -0.1) is 0 Å². The lowest BCUT2D eigenvalue weighted by atomic mass is 9.97. The highest BCUT2D eigenvalue weighted by molar-refractivity contribution is 6.30. The Kier molecular flexibility index (Phi) is 7.43. The molecule has 13 heteroatoms. The molecule has 2 aromatic heterocycles. The minimum atomic E-state index is -1.55. The Morgan fingerprint density at radius 3 is 2.63 bits per heavy atom. The first-order valence-electron chi connectivity index (χ1n) is 12.0. The molecule has 12 nitrogen and oxygen atoms in total. The lowest BCUT2D eigenvalue weighted by molar-refractivity contribution is -0.121. The summed E-state index contributed by atoms with van der Waals surface area (Å²) in [6, 6.07) is 8.67. The fourth-order valence-electron chi connectivity index (χ4n) is 4.60. The van der Waals surface area contributed by atoms with E-state index >= 15 is 0 Å². The van der Waals surface area contributed by atoms with Crippen LogP contribution in [0.2, 0.25) is 0 Å². The van der Waals surface area contributed by atoms with Crippen LogP contribution in [0.3, 0.4) is 0 Å². The second kappa shape index (κ2) is 10.8. The molecule has 1 saturated heterocycles. The van der Waals surface area contributed by atoms with Crippen LogP contribution in [0, 0.1) is 0 Å². The Hall–Kier alpha value is -3.39. The third-order valence-corrected chi connectivity index (χ3v) is 7.07. The summed E-state index contributed by atoms with van der Waals surface area (Å²) in [6.45, 7) is 1.48. The van der Waals surface area contributed by atoms with Crippen LogP contribution in [-0.4, -0.2) is 82.9 Å². The molecule has 2 aliphatic rings. The maximum Gasteiger partial charge on any atom is 0.250 e. The smallest absolute Gasteiger partial charge is 0.250 e. The van der Waals surface area contributed by atoms with Crippen molar-refractivity contribution in [2.45, 2.75) is 49.7 Å². The number of amides is 1. The van der Waals surface area contributed by atoms with Gasteiger partial charge in [-0.25, -0.2) is 15.0 Å². The molecule has 200 valence electrons. The molecule has 1 aromatic carbocycles. The zero-order valence-corrected chi connectivity index (χ0v) is 21.0. The summed E-state index contributed by atoms with van der Waals surface area (Å²) >= 11 is 5.85. The maximum absolute atomic E-state index is 13.0. The van der Waals surface area contributed by atoms with Crippen molar-refractivity contribution in [2.75, 3.05) is 11.9 Å². The van der Waals surface area contributed by atoms with Gasteiger partial charge in [0.15, 0.2) is 23.2 Å². The van der Waals surface area contributed by atoms with Crippen LogP contribution in [0.5, 0.6) is 0 Å². The van der Waals surface area contributed by atoms with Gasteiger partial charge in [-0.3, -0.25) is 9.36 Å². The number of hydrogen-bond acceptors (Lipinski definition) is 10. The van der Waals surface area contributed by atoms with Gasteiger partial charge in [-0.1, -0.05) is 41.9 Å². The molecule has 1 fully saturated rings. The number of aromatic nitrogens is 4. The first-order valence-corrected chi connectivity index (χ1v) is 12.4. The number of imidazole rings is 1. The van der Waals surface area contributed by atoms with Gasteiger partial charge in [0, 0.05) is 10.6 Å². The van der Waals surface area contributed by atoms with Gasteiger partial charge < -0.3 is 35.8 Å². The number of carbonyl (C=O) groups is 1. The molecular formula is C25H27ClN6O6. The van der Waals surface area contributed by atoms with Crippen molar-refractivity contribution in [1.29, 1.82) is 0 Å². The molecule has 7 atom stereocenters. The quantitative estimate of drug-likeness (QED) is 0.247. The van der Waals surface area contributed by atoms with Gasteiger partial charge in [0.05, 0.1) is 19.0 Å². The number of ether oxygens (including phenoxy) is 1. The van der Waals surface area contributed by atoms with Crippen molar-refractivity contribution in [3.8, 4) is 0 Å². The number of nitrogens with zero attached hydrogens (tertiary/aromatic N) is 4. The van der Waals surface area contributed by atoms with Crippen LogP contribution in [0.4, 0.5) is 5.82 Å². The number of anilines is 1. The van der Waals surface area contributed by atoms with Gasteiger partial charge in [-0.2, -0.15) is 0 Å². The average molecular weight is 543 g/mol. The van der Waals surface area contributed by atoms with Crippen LogP contribution in [0.25, 0.3) is 11.2 Å². The van der Waals surface area contributed by atoms with E-state index in [1.54, 1.807) is 0 Å². The molecule has 1 aliphatic carbocycles. The Morgan fingerprint density at radius 1 is 1.13 bits per heavy atom. The van der Waals surface area contributed by atoms with Crippen molar-refractivity contribution in [1.82, 2.24) is 24.8 Å². The van der Waals surface area contributed by atoms with E-state index < -0.39 is 49.2 Å². The van der Waals surface area contributed by atoms with Gasteiger partial charge >= 0.3 is 0 Å². The molecule has 1 amide bonds. The summed E-state index contributed by atoms with van der Waals surface area (Å²) in [4.78, 5) is 26.2. The average Bonchev–Trinajstić information content (AvgIpc) is 3.49. The lowest BCUT2D eigenvalue weighted by Crippen LogP contribution is -2.49. The second-order valence-electron chi connectivity index (χ2n) is 9.12. The van der Waals surface area contributed by atoms with Crippen molar-refractivity contribution in [2.24, 2.45) is 0 Å². The number of carbonyl (C=O) groups excluding carboxylic acids is 1. The van der Waals surface area contributed by atoms with Crippen LogP contribution in [-0.2, 0) is 9.53 Å². The zero-order chi connectivity index (χ0) is 27.0. The first-order chi connectivity index (χ1) is 18.3. The molecule has 6 N–H and O–H groups in total. The highest BCUT2D eigenvalue weighted by Gasteiger charge is 2.46. The second-order valence-corrected chi connectivity index (χ2v) is 9.56. The lowest BCUT2D eigenvalue weighted by Gasteiger charge is -2.27. The number of rotatable bonds is 7. The summed E-state index contributed by atoms with van der Waals surface area (Å²) in [5.74, 6) is -0.262. The van der Waals surface area contributed by atoms with E-state index in [4.69, 9.17) is 16.3 Å². The van der Waals surface area contributed by atoms with Crippen LogP contribution >= 0.6 is 11.6 Å². The van der Waals surface area contributed by atoms with Gasteiger partial charge in [0.2, 0.25) is 5.91 Å². The van der Waals surface area contributed by atoms with E-state index in [0.717, 1.165) is 5.56 Å². The number of fused-ring (bicyclic) bond motifs is 1. The van der Waals surface area contributed by atoms with Crippen LogP contribution < -0.4 is 10.6 Å². The summed E-state index contributed by atoms with van der Waals surface area (Å²) in [5, 5.41) is 46.9. The topological polar surface area (TPSA) is 175 Å². The SMILES string of the molecule is C[C@@H](Nc1ncnc2c1ncn2[C@@H]1O[C@H](CO)[C@@H](O)[C@H]1NC(=O)C1=CC=C(Cl)C(O)C1O)c1ccccc1. The van der Waals surface area contributed by atoms with E-state index in [1.807, 2.05) is 37.3 Å². The van der Waals surface area contributed by atoms with E-state index in [1.165, 1.54) is 29.4 Å². The Labute approximate surface area is 222 Å². The molecule has 5 rings (SSSR count). The van der Waals surface area contributed by atoms with Gasteiger partial charge in [0.25, 0.3) is 0 Å². The number of halogens is 1. The largest absolute Gasteiger partial charge is 0.394 e. The third-order valence-electron chi connectivity index (χ3n) is 6.72. The van der Waals surface area contributed by atoms with Crippen molar-refractivity contribution in [3.05, 3.63) is 71.3 Å². The molecule has 3 aromatic rings. The predicted molar refractivity (Wildman–Crippen MR) is 137 cm³/mol. The summed E-state index contributed by atoms with van der Waals surface area (Å²) in [6.07, 6.45) is -0.891. The summed E-state index contributed by atoms with van der Waals surface area (Å²) in [7, 11) is 0. The van der Waals surface area contributed by atoms with Crippen molar-refractivity contribution >= 4 is 34.5 Å². The minimum Gasteiger partial charge on any atom is -0.394 e. The monoisotopic (exact) mass is 542 g/mol. The molecule has 3 heterocycles. The molecule has 0 bridgehead atoms. The number of nitrogens with one attached hydrogen (secondary N) is 2. The highest BCUT2D eigenvalue weighted by atomic mass is 35.5. The number of hydrogen-bond donors (Lipinski definition) is 6. The molecular weight excluding hydrogens is 516 g/mol. The van der Waals surface area contributed by atoms with Crippen LogP contribution in [0.1, 0.15) is 24.8 Å². The van der Waals surface area contributed by atoms with Crippen LogP contribution in [0.15, 0.2) is 65.7 Å². The van der Waals surface area contributed by atoms with Gasteiger partial charge in [-0.05, 0) is 24.6 Å². The van der Waals surface area contributed by atoms with E-state index in [9.17, 15) is 25.2 Å². The summed E-state index contributed by atoms with van der Waals surface area (Å²) in [5.41, 5.74) is 1.73. The normalized spacial score (nSPS) is 28.1. The Morgan fingerprint density at radius 2 is 1.89 bits per heavy atom. The van der Waals surface area contributed by atoms with Crippen molar-refractivity contribution in [3.63, 3.8) is 0 Å². The molecule has 38 heavy (non-hydrogen) atoms. The first kappa shape index (κ1) is 26.2. The minimum absolute atomic E-state index is 0.00734. The molecule has 0 radical (unpaired) electrons. The highest BCUT2D eigenvalue weighted by Crippen LogP contribution is 2.33. The number of allylic oxidation sites excluding steroid dienone is 2. The van der Waals surface area contributed by atoms with E-state index in [-0.39, 0.29) is 16.6 Å². The molecule has 2 unspecified atom stereocenters. The molecule has 1 aliphatic heterocycles.